The molecule has 0 aromatic carbocycles. The van der Waals surface area contributed by atoms with Gasteiger partial charge in [-0.15, -0.1) is 11.3 Å². The minimum atomic E-state index is -0.602. The summed E-state index contributed by atoms with van der Waals surface area (Å²) in [5.74, 6) is -0.819. The average molecular weight is 298 g/mol. The van der Waals surface area contributed by atoms with Crippen LogP contribution >= 0.6 is 11.3 Å². The Bertz CT molecular complexity index is 511. The number of hydrogen-bond donors (Lipinski definition) is 2. The minimum Gasteiger partial charge on any atom is -0.397 e. The van der Waals surface area contributed by atoms with Crippen molar-refractivity contribution in [2.24, 2.45) is 5.73 Å². The summed E-state index contributed by atoms with van der Waals surface area (Å²) >= 11 is 1.22. The maximum Gasteiger partial charge on any atom is 0.265 e. The maximum atomic E-state index is 12.1. The van der Waals surface area contributed by atoms with Crippen molar-refractivity contribution in [2.45, 2.75) is 19.8 Å². The number of hydrogen-bond acceptors (Lipinski definition) is 5. The molecule has 0 aliphatic heterocycles. The Morgan fingerprint density at radius 2 is 1.85 bits per heavy atom. The van der Waals surface area contributed by atoms with Crippen LogP contribution in [0.1, 0.15) is 39.8 Å². The SMILES string of the molecule is CCCCN(C)c1sc(C(=O)N(C)C)c(N)c1C(N)=O. The average Bonchev–Trinajstić information content (AvgIpc) is 2.72. The summed E-state index contributed by atoms with van der Waals surface area (Å²) in [4.78, 5) is 27.4. The molecule has 0 saturated carbocycles. The van der Waals surface area contributed by atoms with E-state index in [0.717, 1.165) is 19.4 Å². The predicted octanol–water partition coefficient (Wildman–Crippen LogP) is 1.37. The fourth-order valence-electron chi connectivity index (χ4n) is 1.80. The van der Waals surface area contributed by atoms with Gasteiger partial charge in [0.25, 0.3) is 11.8 Å². The van der Waals surface area contributed by atoms with Crippen LogP contribution in [0, 0.1) is 0 Å². The molecular formula is C13H22N4O2S. The van der Waals surface area contributed by atoms with E-state index >= 15 is 0 Å². The zero-order valence-corrected chi connectivity index (χ0v) is 13.2. The van der Waals surface area contributed by atoms with Gasteiger partial charge in [-0.2, -0.15) is 0 Å². The van der Waals surface area contributed by atoms with Crippen LogP contribution in [0.25, 0.3) is 0 Å². The first-order valence-electron chi connectivity index (χ1n) is 6.46. The number of carbonyl (C=O) groups excluding carboxylic acids is 2. The molecule has 0 spiro atoms. The smallest absolute Gasteiger partial charge is 0.265 e. The third kappa shape index (κ3) is 3.22. The van der Waals surface area contributed by atoms with Crippen molar-refractivity contribution in [1.29, 1.82) is 0 Å². The van der Waals surface area contributed by atoms with Gasteiger partial charge in [0.15, 0.2) is 0 Å². The van der Waals surface area contributed by atoms with Crippen LogP contribution in [0.5, 0.6) is 0 Å². The van der Waals surface area contributed by atoms with Crippen LogP contribution in [0.15, 0.2) is 0 Å². The molecule has 0 aliphatic carbocycles. The number of primary amides is 1. The fraction of sp³-hybridized carbons (Fsp3) is 0.538. The number of thiophene rings is 1. The molecule has 0 unspecified atom stereocenters. The van der Waals surface area contributed by atoms with Crippen LogP contribution in [0.4, 0.5) is 10.7 Å². The fourth-order valence-corrected chi connectivity index (χ4v) is 3.03. The van der Waals surface area contributed by atoms with Crippen LogP contribution in [0.2, 0.25) is 0 Å². The van der Waals surface area contributed by atoms with Crippen molar-refractivity contribution in [3.63, 3.8) is 0 Å². The number of nitrogens with two attached hydrogens (primary N) is 2. The largest absolute Gasteiger partial charge is 0.397 e. The molecule has 4 N–H and O–H groups in total. The molecular weight excluding hydrogens is 276 g/mol. The molecule has 20 heavy (non-hydrogen) atoms. The second kappa shape index (κ2) is 6.60. The highest BCUT2D eigenvalue weighted by molar-refractivity contribution is 7.19. The Labute approximate surface area is 123 Å². The molecule has 2 amide bonds. The van der Waals surface area contributed by atoms with Gasteiger partial charge in [0.2, 0.25) is 0 Å². The van der Waals surface area contributed by atoms with Gasteiger partial charge >= 0.3 is 0 Å². The van der Waals surface area contributed by atoms with Gasteiger partial charge in [-0.3, -0.25) is 9.59 Å². The van der Waals surface area contributed by atoms with Crippen LogP contribution < -0.4 is 16.4 Å². The summed E-state index contributed by atoms with van der Waals surface area (Å²) in [5.41, 5.74) is 11.8. The molecule has 0 radical (unpaired) electrons. The Kier molecular flexibility index (Phi) is 5.38. The normalized spacial score (nSPS) is 10.4. The van der Waals surface area contributed by atoms with Crippen LogP contribution in [0.3, 0.4) is 0 Å². The topological polar surface area (TPSA) is 92.7 Å². The third-order valence-corrected chi connectivity index (χ3v) is 4.27. The van der Waals surface area contributed by atoms with E-state index in [1.807, 2.05) is 11.9 Å². The van der Waals surface area contributed by atoms with E-state index in [-0.39, 0.29) is 17.2 Å². The Balaban J connectivity index is 3.26. The zero-order chi connectivity index (χ0) is 15.4. The highest BCUT2D eigenvalue weighted by Crippen LogP contribution is 2.38. The Morgan fingerprint density at radius 3 is 2.30 bits per heavy atom. The number of rotatable bonds is 6. The first-order chi connectivity index (χ1) is 9.31. The molecule has 0 bridgehead atoms. The van der Waals surface area contributed by atoms with Crippen LogP contribution in [-0.2, 0) is 0 Å². The summed E-state index contributed by atoms with van der Waals surface area (Å²) in [7, 11) is 5.16. The van der Waals surface area contributed by atoms with Crippen molar-refractivity contribution < 1.29 is 9.59 Å². The third-order valence-electron chi connectivity index (χ3n) is 2.97. The van der Waals surface area contributed by atoms with Gasteiger partial charge in [0.1, 0.15) is 9.88 Å². The highest BCUT2D eigenvalue weighted by Gasteiger charge is 2.26. The number of unbranched alkanes of at least 4 members (excludes halogenated alkanes) is 1. The van der Waals surface area contributed by atoms with E-state index in [0.29, 0.717) is 9.88 Å². The molecule has 6 nitrogen and oxygen atoms in total. The van der Waals surface area contributed by atoms with Gasteiger partial charge < -0.3 is 21.3 Å². The summed E-state index contributed by atoms with van der Waals surface area (Å²) in [6.07, 6.45) is 2.03. The lowest BCUT2D eigenvalue weighted by atomic mass is 10.2. The van der Waals surface area contributed by atoms with E-state index in [2.05, 4.69) is 6.92 Å². The van der Waals surface area contributed by atoms with Gasteiger partial charge in [-0.05, 0) is 6.42 Å². The minimum absolute atomic E-state index is 0.180. The van der Waals surface area contributed by atoms with E-state index < -0.39 is 5.91 Å². The van der Waals surface area contributed by atoms with Gasteiger partial charge in [0.05, 0.1) is 11.3 Å². The molecule has 1 rings (SSSR count). The van der Waals surface area contributed by atoms with Crippen molar-refractivity contribution in [3.05, 3.63) is 10.4 Å². The van der Waals surface area contributed by atoms with Crippen molar-refractivity contribution in [1.82, 2.24) is 4.90 Å². The zero-order valence-electron chi connectivity index (χ0n) is 12.4. The highest BCUT2D eigenvalue weighted by atomic mass is 32.1. The summed E-state index contributed by atoms with van der Waals surface area (Å²) < 4.78 is 0. The first kappa shape index (κ1) is 16.3. The van der Waals surface area contributed by atoms with Gasteiger partial charge in [0, 0.05) is 27.7 Å². The second-order valence-corrected chi connectivity index (χ2v) is 5.86. The Hall–Kier alpha value is -1.76. The number of carbonyl (C=O) groups is 2. The molecule has 0 saturated heterocycles. The van der Waals surface area contributed by atoms with Crippen molar-refractivity contribution >= 4 is 33.8 Å². The standard InChI is InChI=1S/C13H22N4O2S/c1-5-6-7-17(4)13-8(11(15)18)9(14)10(20-13)12(19)16(2)3/h5-7,14H2,1-4H3,(H2,15,18). The molecule has 0 atom stereocenters. The monoisotopic (exact) mass is 298 g/mol. The van der Waals surface area contributed by atoms with E-state index in [9.17, 15) is 9.59 Å². The maximum absolute atomic E-state index is 12.1. The van der Waals surface area contributed by atoms with Crippen molar-refractivity contribution in [3.8, 4) is 0 Å². The van der Waals surface area contributed by atoms with E-state index in [1.54, 1.807) is 14.1 Å². The molecule has 0 aliphatic rings. The lowest BCUT2D eigenvalue weighted by Crippen LogP contribution is -2.23. The summed E-state index contributed by atoms with van der Waals surface area (Å²) in [6, 6.07) is 0. The number of nitrogen functional groups attached to an aromatic ring is 1. The molecule has 1 aromatic rings. The molecule has 112 valence electrons. The quantitative estimate of drug-likeness (QED) is 0.829. The molecule has 0 fully saturated rings. The number of nitrogens with zero attached hydrogens (tertiary/aromatic N) is 2. The molecule has 1 heterocycles. The number of amides is 2. The van der Waals surface area contributed by atoms with E-state index in [4.69, 9.17) is 11.5 Å². The van der Waals surface area contributed by atoms with E-state index in [1.165, 1.54) is 16.2 Å². The summed E-state index contributed by atoms with van der Waals surface area (Å²) in [6.45, 7) is 2.87. The summed E-state index contributed by atoms with van der Waals surface area (Å²) in [5, 5.41) is 0.661. The molecule has 7 heteroatoms. The van der Waals surface area contributed by atoms with Gasteiger partial charge in [-0.1, -0.05) is 13.3 Å². The van der Waals surface area contributed by atoms with Crippen molar-refractivity contribution in [2.75, 3.05) is 38.3 Å². The lowest BCUT2D eigenvalue weighted by Gasteiger charge is -2.17. The predicted molar refractivity (Wildman–Crippen MR) is 83.4 cm³/mol. The number of anilines is 2. The van der Waals surface area contributed by atoms with Gasteiger partial charge in [-0.25, -0.2) is 0 Å². The lowest BCUT2D eigenvalue weighted by molar-refractivity contribution is 0.0833. The second-order valence-electron chi connectivity index (χ2n) is 4.86. The molecule has 1 aromatic heterocycles. The Morgan fingerprint density at radius 1 is 1.25 bits per heavy atom. The van der Waals surface area contributed by atoms with Crippen LogP contribution in [-0.4, -0.2) is 44.4 Å². The first-order valence-corrected chi connectivity index (χ1v) is 7.27.